The molecule has 0 bridgehead atoms. The summed E-state index contributed by atoms with van der Waals surface area (Å²) in [4.78, 5) is 8.72. The number of pyridine rings is 1. The van der Waals surface area contributed by atoms with E-state index in [0.717, 1.165) is 28.1 Å². The maximum absolute atomic E-state index is 13.2. The molecule has 0 amide bonds. The second-order valence-electron chi connectivity index (χ2n) is 5.29. The van der Waals surface area contributed by atoms with Gasteiger partial charge in [0.15, 0.2) is 5.84 Å². The molecule has 0 aliphatic carbocycles. The van der Waals surface area contributed by atoms with Gasteiger partial charge in [0.05, 0.1) is 5.69 Å². The van der Waals surface area contributed by atoms with Gasteiger partial charge in [-0.05, 0) is 42.5 Å². The topological polar surface area (TPSA) is 49.6 Å². The molecule has 2 aromatic carbocycles. The van der Waals surface area contributed by atoms with E-state index in [1.165, 1.54) is 12.1 Å². The summed E-state index contributed by atoms with van der Waals surface area (Å²) in [6.45, 7) is 0. The van der Waals surface area contributed by atoms with Crippen LogP contribution >= 0.6 is 0 Å². The van der Waals surface area contributed by atoms with Crippen LogP contribution in [0.2, 0.25) is 0 Å². The standard InChI is InChI=1S/C19H13FN4/c20-15-7-5-14(6-8-15)19-22-17-4-2-1-3-16(17)18(23-24-19)13-9-11-21-12-10-13/h1-12H,(H,22,24). The van der Waals surface area contributed by atoms with Gasteiger partial charge in [-0.2, -0.15) is 5.10 Å². The molecule has 1 aliphatic rings. The number of hydrazone groups is 1. The minimum absolute atomic E-state index is 0.283. The minimum atomic E-state index is -0.283. The Kier molecular flexibility index (Phi) is 3.59. The highest BCUT2D eigenvalue weighted by molar-refractivity contribution is 6.17. The van der Waals surface area contributed by atoms with Crippen molar-refractivity contribution >= 4 is 17.2 Å². The Morgan fingerprint density at radius 3 is 2.33 bits per heavy atom. The summed E-state index contributed by atoms with van der Waals surface area (Å²) in [5, 5.41) is 4.53. The SMILES string of the molecule is Fc1ccc(C2=Nc3ccccc3C(c3ccncc3)=NN2)cc1. The van der Waals surface area contributed by atoms with Gasteiger partial charge in [-0.1, -0.05) is 18.2 Å². The molecule has 4 nitrogen and oxygen atoms in total. The first-order valence-electron chi connectivity index (χ1n) is 7.49. The lowest BCUT2D eigenvalue weighted by Gasteiger charge is -2.06. The van der Waals surface area contributed by atoms with Crippen LogP contribution in [0.15, 0.2) is 83.2 Å². The molecule has 1 aromatic heterocycles. The zero-order valence-corrected chi connectivity index (χ0v) is 12.6. The number of aromatic nitrogens is 1. The molecule has 0 saturated heterocycles. The Bertz CT molecular complexity index is 931. The number of nitrogens with one attached hydrogen (secondary N) is 1. The number of aliphatic imine (C=N–C) groups is 1. The summed E-state index contributed by atoms with van der Waals surface area (Å²) in [6.07, 6.45) is 3.46. The van der Waals surface area contributed by atoms with Crippen LogP contribution < -0.4 is 5.43 Å². The summed E-state index contributed by atoms with van der Waals surface area (Å²) < 4.78 is 13.2. The number of nitrogens with zero attached hydrogens (tertiary/aromatic N) is 3. The van der Waals surface area contributed by atoms with Gasteiger partial charge in [-0.25, -0.2) is 9.38 Å². The predicted molar refractivity (Wildman–Crippen MR) is 92.1 cm³/mol. The van der Waals surface area contributed by atoms with E-state index in [-0.39, 0.29) is 5.82 Å². The monoisotopic (exact) mass is 316 g/mol. The first kappa shape index (κ1) is 14.3. The largest absolute Gasteiger partial charge is 0.265 e. The van der Waals surface area contributed by atoms with Gasteiger partial charge in [0.25, 0.3) is 0 Å². The maximum atomic E-state index is 13.2. The number of hydrogen-bond donors (Lipinski definition) is 1. The average molecular weight is 316 g/mol. The van der Waals surface area contributed by atoms with Crippen molar-refractivity contribution in [3.8, 4) is 0 Å². The van der Waals surface area contributed by atoms with Crippen LogP contribution in [0.1, 0.15) is 16.7 Å². The van der Waals surface area contributed by atoms with Crippen molar-refractivity contribution < 1.29 is 4.39 Å². The van der Waals surface area contributed by atoms with Crippen LogP contribution in [0, 0.1) is 5.82 Å². The van der Waals surface area contributed by atoms with E-state index in [4.69, 9.17) is 0 Å². The first-order valence-corrected chi connectivity index (χ1v) is 7.49. The van der Waals surface area contributed by atoms with Crippen molar-refractivity contribution in [3.63, 3.8) is 0 Å². The van der Waals surface area contributed by atoms with Crippen molar-refractivity contribution in [1.29, 1.82) is 0 Å². The summed E-state index contributed by atoms with van der Waals surface area (Å²) >= 11 is 0. The van der Waals surface area contributed by atoms with E-state index in [9.17, 15) is 4.39 Å². The second-order valence-corrected chi connectivity index (χ2v) is 5.29. The second kappa shape index (κ2) is 6.04. The van der Waals surface area contributed by atoms with Crippen molar-refractivity contribution in [2.45, 2.75) is 0 Å². The van der Waals surface area contributed by atoms with E-state index in [1.54, 1.807) is 24.5 Å². The number of amidine groups is 1. The lowest BCUT2D eigenvalue weighted by atomic mass is 10.0. The fourth-order valence-electron chi connectivity index (χ4n) is 2.55. The molecule has 3 aromatic rings. The van der Waals surface area contributed by atoms with Crippen molar-refractivity contribution in [2.24, 2.45) is 10.1 Å². The van der Waals surface area contributed by atoms with Crippen LogP contribution in [0.3, 0.4) is 0 Å². The molecular formula is C19H13FN4. The molecule has 0 unspecified atom stereocenters. The van der Waals surface area contributed by atoms with Gasteiger partial charge in [-0.15, -0.1) is 0 Å². The van der Waals surface area contributed by atoms with E-state index in [2.05, 4.69) is 20.5 Å². The van der Waals surface area contributed by atoms with Gasteiger partial charge >= 0.3 is 0 Å². The molecule has 0 radical (unpaired) electrons. The summed E-state index contributed by atoms with van der Waals surface area (Å²) in [6, 6.07) is 17.8. The lowest BCUT2D eigenvalue weighted by molar-refractivity contribution is 0.627. The van der Waals surface area contributed by atoms with Crippen molar-refractivity contribution in [2.75, 3.05) is 0 Å². The fourth-order valence-corrected chi connectivity index (χ4v) is 2.55. The Morgan fingerprint density at radius 2 is 1.54 bits per heavy atom. The summed E-state index contributed by atoms with van der Waals surface area (Å²) in [5.41, 5.74) is 7.24. The average Bonchev–Trinajstić information content (AvgIpc) is 2.83. The van der Waals surface area contributed by atoms with Crippen molar-refractivity contribution in [1.82, 2.24) is 10.4 Å². The molecule has 4 rings (SSSR count). The Labute approximate surface area is 138 Å². The number of fused-ring (bicyclic) bond motifs is 1. The molecule has 5 heteroatoms. The highest BCUT2D eigenvalue weighted by Crippen LogP contribution is 2.25. The minimum Gasteiger partial charge on any atom is -0.265 e. The first-order chi connectivity index (χ1) is 11.8. The third-order valence-corrected chi connectivity index (χ3v) is 3.74. The fraction of sp³-hybridized carbons (Fsp3) is 0. The summed E-state index contributed by atoms with van der Waals surface area (Å²) in [7, 11) is 0. The van der Waals surface area contributed by atoms with Crippen LogP contribution in [0.25, 0.3) is 0 Å². The Hall–Kier alpha value is -3.34. The molecule has 0 atom stereocenters. The van der Waals surface area contributed by atoms with Crippen LogP contribution in [-0.4, -0.2) is 16.5 Å². The normalized spacial score (nSPS) is 13.2. The van der Waals surface area contributed by atoms with E-state index in [1.807, 2.05) is 36.4 Å². The zero-order chi connectivity index (χ0) is 16.4. The highest BCUT2D eigenvalue weighted by Gasteiger charge is 2.16. The van der Waals surface area contributed by atoms with Crippen LogP contribution in [0.4, 0.5) is 10.1 Å². The number of rotatable bonds is 2. The van der Waals surface area contributed by atoms with Crippen molar-refractivity contribution in [3.05, 3.63) is 95.6 Å². The van der Waals surface area contributed by atoms with Gasteiger partial charge in [-0.3, -0.25) is 10.4 Å². The Balaban J connectivity index is 1.84. The van der Waals surface area contributed by atoms with Gasteiger partial charge in [0, 0.05) is 29.1 Å². The van der Waals surface area contributed by atoms with Gasteiger partial charge in [0.2, 0.25) is 0 Å². The molecule has 0 saturated carbocycles. The molecule has 0 spiro atoms. The Morgan fingerprint density at radius 1 is 0.792 bits per heavy atom. The number of para-hydroxylation sites is 1. The lowest BCUT2D eigenvalue weighted by Crippen LogP contribution is -2.19. The number of halogens is 1. The molecule has 0 fully saturated rings. The predicted octanol–water partition coefficient (Wildman–Crippen LogP) is 3.65. The smallest absolute Gasteiger partial charge is 0.154 e. The van der Waals surface area contributed by atoms with Crippen LogP contribution in [-0.2, 0) is 0 Å². The number of benzene rings is 2. The molecule has 1 N–H and O–H groups in total. The quantitative estimate of drug-likeness (QED) is 0.784. The molecule has 116 valence electrons. The maximum Gasteiger partial charge on any atom is 0.154 e. The van der Waals surface area contributed by atoms with Crippen LogP contribution in [0.5, 0.6) is 0 Å². The van der Waals surface area contributed by atoms with Gasteiger partial charge < -0.3 is 0 Å². The molecule has 1 aliphatic heterocycles. The summed E-state index contributed by atoms with van der Waals surface area (Å²) in [5.74, 6) is 0.292. The van der Waals surface area contributed by atoms with E-state index < -0.39 is 0 Å². The highest BCUT2D eigenvalue weighted by atomic mass is 19.1. The van der Waals surface area contributed by atoms with E-state index >= 15 is 0 Å². The molecule has 24 heavy (non-hydrogen) atoms. The van der Waals surface area contributed by atoms with Gasteiger partial charge in [0.1, 0.15) is 11.5 Å². The third kappa shape index (κ3) is 2.67. The zero-order valence-electron chi connectivity index (χ0n) is 12.6. The third-order valence-electron chi connectivity index (χ3n) is 3.74. The number of hydrogen-bond acceptors (Lipinski definition) is 4. The molecular weight excluding hydrogens is 303 g/mol. The molecule has 2 heterocycles. The van der Waals surface area contributed by atoms with E-state index in [0.29, 0.717) is 5.84 Å².